The Morgan fingerprint density at radius 1 is 1.12 bits per heavy atom. The van der Waals surface area contributed by atoms with Crippen molar-refractivity contribution in [2.75, 3.05) is 6.54 Å². The lowest BCUT2D eigenvalue weighted by molar-refractivity contribution is -0.126. The second kappa shape index (κ2) is 6.32. The van der Waals surface area contributed by atoms with E-state index in [1.807, 2.05) is 47.4 Å². The lowest BCUT2D eigenvalue weighted by Gasteiger charge is -2.23. The number of oxazole rings is 1. The van der Waals surface area contributed by atoms with Gasteiger partial charge in [-0.25, -0.2) is 4.98 Å². The Kier molecular flexibility index (Phi) is 3.87. The number of aromatic nitrogens is 1. The first-order valence-electron chi connectivity index (χ1n) is 8.20. The maximum Gasteiger partial charge on any atom is 0.247 e. The van der Waals surface area contributed by atoms with Gasteiger partial charge in [0.15, 0.2) is 5.58 Å². The number of hydrogen-bond donors (Lipinski definition) is 0. The molecule has 1 atom stereocenters. The Morgan fingerprint density at radius 3 is 2.75 bits per heavy atom. The predicted octanol–water partition coefficient (Wildman–Crippen LogP) is 4.20. The highest BCUT2D eigenvalue weighted by atomic mass is 16.3. The Balaban J connectivity index is 1.52. The molecule has 0 radical (unpaired) electrons. The van der Waals surface area contributed by atoms with Gasteiger partial charge in [-0.1, -0.05) is 42.5 Å². The molecule has 0 spiro atoms. The van der Waals surface area contributed by atoms with Gasteiger partial charge in [0.05, 0.1) is 6.04 Å². The topological polar surface area (TPSA) is 46.3 Å². The van der Waals surface area contributed by atoms with Crippen molar-refractivity contribution in [1.29, 1.82) is 0 Å². The molecule has 1 unspecified atom stereocenters. The molecule has 4 heteroatoms. The van der Waals surface area contributed by atoms with Crippen LogP contribution in [0.3, 0.4) is 0 Å². The summed E-state index contributed by atoms with van der Waals surface area (Å²) in [5, 5.41) is 0. The van der Waals surface area contributed by atoms with E-state index in [9.17, 15) is 4.79 Å². The van der Waals surface area contributed by atoms with Gasteiger partial charge >= 0.3 is 0 Å². The summed E-state index contributed by atoms with van der Waals surface area (Å²) in [7, 11) is 0. The molecule has 1 aliphatic rings. The lowest BCUT2D eigenvalue weighted by Crippen LogP contribution is -2.28. The van der Waals surface area contributed by atoms with Crippen molar-refractivity contribution < 1.29 is 9.21 Å². The molecule has 1 saturated heterocycles. The summed E-state index contributed by atoms with van der Waals surface area (Å²) >= 11 is 0. The van der Waals surface area contributed by atoms with Crippen LogP contribution < -0.4 is 0 Å². The highest BCUT2D eigenvalue weighted by molar-refractivity contribution is 5.92. The minimum absolute atomic E-state index is 0.00334. The average molecular weight is 318 g/mol. The number of likely N-dealkylation sites (tertiary alicyclic amines) is 1. The highest BCUT2D eigenvalue weighted by Crippen LogP contribution is 2.32. The summed E-state index contributed by atoms with van der Waals surface area (Å²) in [4.78, 5) is 18.9. The molecule has 4 rings (SSSR count). The van der Waals surface area contributed by atoms with E-state index in [0.717, 1.165) is 30.5 Å². The third-order valence-electron chi connectivity index (χ3n) is 4.40. The fourth-order valence-electron chi connectivity index (χ4n) is 3.25. The van der Waals surface area contributed by atoms with Crippen LogP contribution in [0, 0.1) is 0 Å². The number of para-hydroxylation sites is 2. The van der Waals surface area contributed by atoms with Gasteiger partial charge < -0.3 is 9.32 Å². The first kappa shape index (κ1) is 14.7. The summed E-state index contributed by atoms with van der Waals surface area (Å²) in [6.45, 7) is 0.788. The molecule has 0 aliphatic carbocycles. The second-order valence-corrected chi connectivity index (χ2v) is 5.95. The van der Waals surface area contributed by atoms with E-state index in [1.165, 1.54) is 5.56 Å². The third kappa shape index (κ3) is 2.83. The van der Waals surface area contributed by atoms with E-state index in [1.54, 1.807) is 12.2 Å². The van der Waals surface area contributed by atoms with Crippen LogP contribution in [-0.4, -0.2) is 22.3 Å². The van der Waals surface area contributed by atoms with Crippen LogP contribution in [-0.2, 0) is 4.79 Å². The fourth-order valence-corrected chi connectivity index (χ4v) is 3.25. The van der Waals surface area contributed by atoms with Gasteiger partial charge in [0, 0.05) is 18.7 Å². The maximum atomic E-state index is 12.6. The van der Waals surface area contributed by atoms with E-state index in [4.69, 9.17) is 4.42 Å². The van der Waals surface area contributed by atoms with Gasteiger partial charge in [-0.3, -0.25) is 4.79 Å². The minimum Gasteiger partial charge on any atom is -0.437 e. The number of fused-ring (bicyclic) bond motifs is 1. The van der Waals surface area contributed by atoms with Crippen molar-refractivity contribution >= 4 is 23.1 Å². The molecule has 0 N–H and O–H groups in total. The average Bonchev–Trinajstić information content (AvgIpc) is 3.27. The SMILES string of the molecule is O=C(/C=C/c1nc2ccccc2o1)N1CCCC1c1ccccc1. The van der Waals surface area contributed by atoms with E-state index in [2.05, 4.69) is 17.1 Å². The van der Waals surface area contributed by atoms with E-state index < -0.39 is 0 Å². The van der Waals surface area contributed by atoms with Crippen molar-refractivity contribution in [3.05, 3.63) is 72.1 Å². The number of nitrogens with zero attached hydrogens (tertiary/aromatic N) is 2. The Labute approximate surface area is 140 Å². The second-order valence-electron chi connectivity index (χ2n) is 5.95. The van der Waals surface area contributed by atoms with E-state index in [-0.39, 0.29) is 11.9 Å². The first-order chi connectivity index (χ1) is 11.8. The zero-order valence-corrected chi connectivity index (χ0v) is 13.3. The molecule has 1 fully saturated rings. The zero-order valence-electron chi connectivity index (χ0n) is 13.3. The van der Waals surface area contributed by atoms with Crippen molar-refractivity contribution in [2.24, 2.45) is 0 Å². The Morgan fingerprint density at radius 2 is 1.92 bits per heavy atom. The minimum atomic E-state index is 0.00334. The molecule has 2 aromatic carbocycles. The summed E-state index contributed by atoms with van der Waals surface area (Å²) < 4.78 is 5.62. The molecule has 24 heavy (non-hydrogen) atoms. The quantitative estimate of drug-likeness (QED) is 0.680. The van der Waals surface area contributed by atoms with E-state index >= 15 is 0 Å². The Hall–Kier alpha value is -2.88. The van der Waals surface area contributed by atoms with Gasteiger partial charge in [-0.15, -0.1) is 0 Å². The summed E-state index contributed by atoms with van der Waals surface area (Å²) in [5.74, 6) is 0.462. The maximum absolute atomic E-state index is 12.6. The molecule has 1 aromatic heterocycles. The fraction of sp³-hybridized carbons (Fsp3) is 0.200. The van der Waals surface area contributed by atoms with Crippen LogP contribution in [0.5, 0.6) is 0 Å². The smallest absolute Gasteiger partial charge is 0.247 e. The molecule has 4 nitrogen and oxygen atoms in total. The summed E-state index contributed by atoms with van der Waals surface area (Å²) in [6.07, 6.45) is 5.25. The summed E-state index contributed by atoms with van der Waals surface area (Å²) in [6, 6.07) is 17.9. The number of rotatable bonds is 3. The zero-order chi connectivity index (χ0) is 16.4. The van der Waals surface area contributed by atoms with Gasteiger partial charge in [-0.05, 0) is 30.5 Å². The highest BCUT2D eigenvalue weighted by Gasteiger charge is 2.28. The van der Waals surface area contributed by atoms with Crippen LogP contribution in [0.4, 0.5) is 0 Å². The standard InChI is InChI=1S/C20H18N2O2/c23-20(13-12-19-21-16-9-4-5-11-18(16)24-19)22-14-6-10-17(22)15-7-2-1-3-8-15/h1-5,7-9,11-13,17H,6,10,14H2/b13-12+. The van der Waals surface area contributed by atoms with Crippen molar-refractivity contribution in [3.8, 4) is 0 Å². The van der Waals surface area contributed by atoms with Crippen LogP contribution in [0.25, 0.3) is 17.2 Å². The van der Waals surface area contributed by atoms with Crippen LogP contribution in [0.15, 0.2) is 65.1 Å². The normalized spacial score (nSPS) is 17.8. The molecule has 1 amide bonds. The lowest BCUT2D eigenvalue weighted by atomic mass is 10.0. The molecule has 0 bridgehead atoms. The number of benzene rings is 2. The van der Waals surface area contributed by atoms with E-state index in [0.29, 0.717) is 5.89 Å². The number of carbonyl (C=O) groups excluding carboxylic acids is 1. The molecule has 2 heterocycles. The largest absolute Gasteiger partial charge is 0.437 e. The van der Waals surface area contributed by atoms with Crippen molar-refractivity contribution in [2.45, 2.75) is 18.9 Å². The number of hydrogen-bond acceptors (Lipinski definition) is 3. The van der Waals surface area contributed by atoms with Gasteiger partial charge in [0.2, 0.25) is 11.8 Å². The third-order valence-corrected chi connectivity index (χ3v) is 4.40. The van der Waals surface area contributed by atoms with Crippen LogP contribution in [0.2, 0.25) is 0 Å². The predicted molar refractivity (Wildman–Crippen MR) is 93.2 cm³/mol. The van der Waals surface area contributed by atoms with Crippen molar-refractivity contribution in [3.63, 3.8) is 0 Å². The molecule has 3 aromatic rings. The van der Waals surface area contributed by atoms with Gasteiger partial charge in [0.25, 0.3) is 0 Å². The summed E-state index contributed by atoms with van der Waals surface area (Å²) in [5.41, 5.74) is 2.72. The number of carbonyl (C=O) groups is 1. The molecule has 1 aliphatic heterocycles. The van der Waals surface area contributed by atoms with Crippen LogP contribution in [0.1, 0.15) is 30.3 Å². The molecular formula is C20H18N2O2. The van der Waals surface area contributed by atoms with Gasteiger partial charge in [0.1, 0.15) is 5.52 Å². The van der Waals surface area contributed by atoms with Crippen LogP contribution >= 0.6 is 0 Å². The monoisotopic (exact) mass is 318 g/mol. The first-order valence-corrected chi connectivity index (χ1v) is 8.20. The molecule has 0 saturated carbocycles. The molecule has 120 valence electrons. The number of amides is 1. The molecular weight excluding hydrogens is 300 g/mol. The van der Waals surface area contributed by atoms with Crippen molar-refractivity contribution in [1.82, 2.24) is 9.88 Å². The van der Waals surface area contributed by atoms with Gasteiger partial charge in [-0.2, -0.15) is 0 Å². The Bertz CT molecular complexity index is 850.